The Kier molecular flexibility index (Phi) is 6.20. The number of carbonyl (C=O) groups is 2. The third kappa shape index (κ3) is 4.80. The van der Waals surface area contributed by atoms with Crippen molar-refractivity contribution >= 4 is 28.3 Å². The summed E-state index contributed by atoms with van der Waals surface area (Å²) in [5.74, 6) is -1.34. The van der Waals surface area contributed by atoms with Crippen LogP contribution in [0.4, 0.5) is 5.69 Å². The molecule has 2 heterocycles. The van der Waals surface area contributed by atoms with Crippen molar-refractivity contribution in [3.05, 3.63) is 59.7 Å². The predicted octanol–water partition coefficient (Wildman–Crippen LogP) is 2.92. The highest BCUT2D eigenvalue weighted by Crippen LogP contribution is 2.28. The van der Waals surface area contributed by atoms with Crippen molar-refractivity contribution in [3.8, 4) is 5.75 Å². The van der Waals surface area contributed by atoms with Crippen molar-refractivity contribution in [1.29, 1.82) is 0 Å². The lowest BCUT2D eigenvalue weighted by molar-refractivity contribution is -0.135. The molecule has 0 bridgehead atoms. The van der Waals surface area contributed by atoms with Gasteiger partial charge in [0.05, 0.1) is 5.69 Å². The zero-order chi connectivity index (χ0) is 22.7. The number of carbonyl (C=O) groups excluding carboxylic acids is 1. The van der Waals surface area contributed by atoms with Gasteiger partial charge in [-0.2, -0.15) is 0 Å². The summed E-state index contributed by atoms with van der Waals surface area (Å²) in [6.07, 6.45) is 2.54. The minimum atomic E-state index is -1.16. The second kappa shape index (κ2) is 9.21. The fourth-order valence-electron chi connectivity index (χ4n) is 4.14. The Morgan fingerprint density at radius 3 is 2.53 bits per heavy atom. The first-order chi connectivity index (χ1) is 15.4. The van der Waals surface area contributed by atoms with Gasteiger partial charge >= 0.3 is 5.97 Å². The number of anilines is 1. The number of carboxylic acid groups (broad SMARTS) is 1. The van der Waals surface area contributed by atoms with Crippen LogP contribution < -0.4 is 10.2 Å². The maximum absolute atomic E-state index is 12.2. The van der Waals surface area contributed by atoms with E-state index in [0.717, 1.165) is 25.9 Å². The summed E-state index contributed by atoms with van der Waals surface area (Å²) < 4.78 is 0. The van der Waals surface area contributed by atoms with E-state index in [1.54, 1.807) is 6.92 Å². The monoisotopic (exact) mass is 434 g/mol. The van der Waals surface area contributed by atoms with Gasteiger partial charge in [0, 0.05) is 25.2 Å². The molecule has 1 fully saturated rings. The molecule has 3 aromatic rings. The molecule has 0 spiro atoms. The first-order valence-electron chi connectivity index (χ1n) is 10.7. The van der Waals surface area contributed by atoms with E-state index in [1.165, 1.54) is 16.5 Å². The van der Waals surface area contributed by atoms with E-state index in [2.05, 4.69) is 50.5 Å². The van der Waals surface area contributed by atoms with Gasteiger partial charge in [0.25, 0.3) is 5.91 Å². The van der Waals surface area contributed by atoms with Crippen molar-refractivity contribution in [1.82, 2.24) is 15.3 Å². The van der Waals surface area contributed by atoms with Crippen LogP contribution in [0.2, 0.25) is 0 Å². The zero-order valence-corrected chi connectivity index (χ0v) is 17.9. The number of nitrogens with one attached hydrogen (secondary N) is 1. The van der Waals surface area contributed by atoms with E-state index in [1.807, 2.05) is 12.1 Å². The van der Waals surface area contributed by atoms with E-state index in [-0.39, 0.29) is 11.4 Å². The molecule has 2 aromatic carbocycles. The standard InChI is InChI=1S/C24H26N4O4/c1-15-23(31)22(24(32)25-14-21(29)30)27-20(26-15)12-16-8-10-28(11-9-16)19-7-6-17-4-2-3-5-18(17)13-19/h2-7,13,16,31H,8-12,14H2,1H3,(H,25,32)(H,29,30). The van der Waals surface area contributed by atoms with Crippen LogP contribution in [0.3, 0.4) is 0 Å². The fourth-order valence-corrected chi connectivity index (χ4v) is 4.14. The van der Waals surface area contributed by atoms with Crippen LogP contribution in [0.1, 0.15) is 34.8 Å². The molecule has 0 unspecified atom stereocenters. The average molecular weight is 434 g/mol. The normalized spacial score (nSPS) is 14.5. The molecule has 1 aliphatic rings. The van der Waals surface area contributed by atoms with Gasteiger partial charge in [0.15, 0.2) is 11.4 Å². The molecule has 1 aromatic heterocycles. The highest BCUT2D eigenvalue weighted by molar-refractivity contribution is 5.96. The average Bonchev–Trinajstić information content (AvgIpc) is 2.80. The fraction of sp³-hybridized carbons (Fsp3) is 0.333. The summed E-state index contributed by atoms with van der Waals surface area (Å²) in [6, 6.07) is 14.9. The first-order valence-corrected chi connectivity index (χ1v) is 10.7. The molecule has 8 nitrogen and oxygen atoms in total. The maximum Gasteiger partial charge on any atom is 0.322 e. The van der Waals surface area contributed by atoms with Crippen LogP contribution in [0, 0.1) is 12.8 Å². The van der Waals surface area contributed by atoms with Crippen LogP contribution in [0.25, 0.3) is 10.8 Å². The molecule has 166 valence electrons. The van der Waals surface area contributed by atoms with Crippen molar-refractivity contribution in [2.45, 2.75) is 26.2 Å². The van der Waals surface area contributed by atoms with Gasteiger partial charge in [-0.15, -0.1) is 0 Å². The Hall–Kier alpha value is -3.68. The van der Waals surface area contributed by atoms with Gasteiger partial charge in [-0.25, -0.2) is 9.97 Å². The summed E-state index contributed by atoms with van der Waals surface area (Å²) in [5.41, 5.74) is 1.35. The Balaban J connectivity index is 1.41. The Labute approximate surface area is 185 Å². The number of benzene rings is 2. The quantitative estimate of drug-likeness (QED) is 0.546. The molecule has 32 heavy (non-hydrogen) atoms. The molecule has 1 amide bonds. The number of carboxylic acids is 1. The summed E-state index contributed by atoms with van der Waals surface area (Å²) >= 11 is 0. The third-order valence-electron chi connectivity index (χ3n) is 5.90. The number of nitrogens with zero attached hydrogens (tertiary/aromatic N) is 3. The van der Waals surface area contributed by atoms with Crippen LogP contribution >= 0.6 is 0 Å². The van der Waals surface area contributed by atoms with Crippen LogP contribution in [0.15, 0.2) is 42.5 Å². The number of fused-ring (bicyclic) bond motifs is 1. The van der Waals surface area contributed by atoms with Crippen LogP contribution in [-0.2, 0) is 11.2 Å². The Morgan fingerprint density at radius 1 is 1.09 bits per heavy atom. The summed E-state index contributed by atoms with van der Waals surface area (Å²) in [7, 11) is 0. The number of piperidine rings is 1. The van der Waals surface area contributed by atoms with Crippen LogP contribution in [-0.4, -0.2) is 51.7 Å². The van der Waals surface area contributed by atoms with Crippen molar-refractivity contribution in [3.63, 3.8) is 0 Å². The van der Waals surface area contributed by atoms with Gasteiger partial charge in [0.2, 0.25) is 0 Å². The third-order valence-corrected chi connectivity index (χ3v) is 5.90. The number of amides is 1. The van der Waals surface area contributed by atoms with E-state index in [9.17, 15) is 14.7 Å². The van der Waals surface area contributed by atoms with E-state index in [0.29, 0.717) is 23.9 Å². The van der Waals surface area contributed by atoms with Crippen molar-refractivity contribution in [2.24, 2.45) is 5.92 Å². The lowest BCUT2D eigenvalue weighted by Gasteiger charge is -2.33. The molecule has 1 aliphatic heterocycles. The molecule has 4 rings (SSSR count). The van der Waals surface area contributed by atoms with Crippen molar-refractivity contribution in [2.75, 3.05) is 24.5 Å². The number of rotatable bonds is 6. The molecule has 0 aliphatic carbocycles. The lowest BCUT2D eigenvalue weighted by atomic mass is 9.92. The first kappa shape index (κ1) is 21.5. The number of aryl methyl sites for hydroxylation is 1. The molecular weight excluding hydrogens is 408 g/mol. The Morgan fingerprint density at radius 2 is 1.81 bits per heavy atom. The maximum atomic E-state index is 12.2. The molecule has 3 N–H and O–H groups in total. The zero-order valence-electron chi connectivity index (χ0n) is 17.9. The minimum Gasteiger partial charge on any atom is -0.504 e. The number of aromatic hydroxyl groups is 1. The van der Waals surface area contributed by atoms with Gasteiger partial charge in [0.1, 0.15) is 12.4 Å². The van der Waals surface area contributed by atoms with Gasteiger partial charge in [-0.3, -0.25) is 9.59 Å². The summed E-state index contributed by atoms with van der Waals surface area (Å²) in [5, 5.41) is 23.6. The molecule has 0 atom stereocenters. The van der Waals surface area contributed by atoms with E-state index in [4.69, 9.17) is 5.11 Å². The molecule has 0 radical (unpaired) electrons. The van der Waals surface area contributed by atoms with Gasteiger partial charge in [-0.05, 0) is 48.6 Å². The number of aromatic nitrogens is 2. The number of hydrogen-bond acceptors (Lipinski definition) is 6. The topological polar surface area (TPSA) is 116 Å². The summed E-state index contributed by atoms with van der Waals surface area (Å²) in [4.78, 5) is 33.9. The SMILES string of the molecule is Cc1nc(CC2CCN(c3ccc4ccccc4c3)CC2)nc(C(=O)NCC(=O)O)c1O. The largest absolute Gasteiger partial charge is 0.504 e. The molecular formula is C24H26N4O4. The lowest BCUT2D eigenvalue weighted by Crippen LogP contribution is -2.34. The second-order valence-electron chi connectivity index (χ2n) is 8.16. The number of hydrogen-bond donors (Lipinski definition) is 3. The molecule has 8 heteroatoms. The predicted molar refractivity (Wildman–Crippen MR) is 121 cm³/mol. The number of aliphatic carboxylic acids is 1. The highest BCUT2D eigenvalue weighted by Gasteiger charge is 2.23. The second-order valence-corrected chi connectivity index (χ2v) is 8.16. The van der Waals surface area contributed by atoms with Crippen molar-refractivity contribution < 1.29 is 19.8 Å². The summed E-state index contributed by atoms with van der Waals surface area (Å²) in [6.45, 7) is 2.92. The van der Waals surface area contributed by atoms with E-state index >= 15 is 0 Å². The molecule has 0 saturated carbocycles. The minimum absolute atomic E-state index is 0.178. The van der Waals surface area contributed by atoms with Gasteiger partial charge in [-0.1, -0.05) is 30.3 Å². The van der Waals surface area contributed by atoms with E-state index < -0.39 is 18.4 Å². The van der Waals surface area contributed by atoms with Crippen LogP contribution in [0.5, 0.6) is 5.75 Å². The van der Waals surface area contributed by atoms with Gasteiger partial charge < -0.3 is 20.4 Å². The smallest absolute Gasteiger partial charge is 0.322 e. The Bertz CT molecular complexity index is 1160. The molecule has 1 saturated heterocycles. The highest BCUT2D eigenvalue weighted by atomic mass is 16.4.